The average Bonchev–Trinajstić information content (AvgIpc) is 2.43. The number of ether oxygens (including phenoxy) is 1. The van der Waals surface area contributed by atoms with Gasteiger partial charge in [0, 0.05) is 35.9 Å². The maximum Gasteiger partial charge on any atom is 0.159 e. The SMILES string of the molecule is COCCNCc1cc(C)nc(-c2ccc(Br)cc2C)n1. The molecule has 21 heavy (non-hydrogen) atoms. The number of methoxy groups -OCH3 is 1. The average molecular weight is 350 g/mol. The van der Waals surface area contributed by atoms with Gasteiger partial charge in [-0.2, -0.15) is 0 Å². The fraction of sp³-hybridized carbons (Fsp3) is 0.375. The van der Waals surface area contributed by atoms with Crippen LogP contribution in [0.4, 0.5) is 0 Å². The summed E-state index contributed by atoms with van der Waals surface area (Å²) in [5.41, 5.74) is 4.20. The Balaban J connectivity index is 2.22. The van der Waals surface area contributed by atoms with Gasteiger partial charge in [0.15, 0.2) is 5.82 Å². The molecule has 0 spiro atoms. The van der Waals surface area contributed by atoms with Gasteiger partial charge in [0.25, 0.3) is 0 Å². The lowest BCUT2D eigenvalue weighted by molar-refractivity contribution is 0.199. The Bertz CT molecular complexity index is 616. The Labute approximate surface area is 134 Å². The van der Waals surface area contributed by atoms with Crippen LogP contribution in [0.15, 0.2) is 28.7 Å². The van der Waals surface area contributed by atoms with Crippen molar-refractivity contribution in [3.63, 3.8) is 0 Å². The van der Waals surface area contributed by atoms with Gasteiger partial charge in [0.1, 0.15) is 0 Å². The van der Waals surface area contributed by atoms with Crippen molar-refractivity contribution in [2.24, 2.45) is 0 Å². The van der Waals surface area contributed by atoms with Crippen molar-refractivity contribution in [3.05, 3.63) is 45.7 Å². The van der Waals surface area contributed by atoms with Gasteiger partial charge in [-0.1, -0.05) is 15.9 Å². The molecule has 0 fully saturated rings. The van der Waals surface area contributed by atoms with E-state index in [0.717, 1.165) is 45.9 Å². The quantitative estimate of drug-likeness (QED) is 0.813. The predicted molar refractivity (Wildman–Crippen MR) is 88.2 cm³/mol. The van der Waals surface area contributed by atoms with Crippen LogP contribution < -0.4 is 5.32 Å². The van der Waals surface area contributed by atoms with Crippen LogP contribution in [0.25, 0.3) is 11.4 Å². The number of benzene rings is 1. The van der Waals surface area contributed by atoms with Gasteiger partial charge in [-0.05, 0) is 43.7 Å². The van der Waals surface area contributed by atoms with Crippen LogP contribution in [-0.4, -0.2) is 30.2 Å². The Kier molecular flexibility index (Phi) is 5.85. The first kappa shape index (κ1) is 16.1. The fourth-order valence-corrected chi connectivity index (χ4v) is 2.59. The minimum Gasteiger partial charge on any atom is -0.383 e. The van der Waals surface area contributed by atoms with Gasteiger partial charge >= 0.3 is 0 Å². The molecule has 5 heteroatoms. The summed E-state index contributed by atoms with van der Waals surface area (Å²) in [5, 5.41) is 3.31. The summed E-state index contributed by atoms with van der Waals surface area (Å²) in [4.78, 5) is 9.22. The third kappa shape index (κ3) is 4.59. The second-order valence-corrected chi connectivity index (χ2v) is 5.87. The van der Waals surface area contributed by atoms with E-state index < -0.39 is 0 Å². The molecule has 2 rings (SSSR count). The minimum atomic E-state index is 0.697. The molecule has 0 aliphatic rings. The van der Waals surface area contributed by atoms with E-state index in [1.165, 1.54) is 0 Å². The molecule has 0 amide bonds. The van der Waals surface area contributed by atoms with Crippen molar-refractivity contribution in [1.82, 2.24) is 15.3 Å². The van der Waals surface area contributed by atoms with Gasteiger partial charge in [0.05, 0.1) is 12.3 Å². The molecule has 0 atom stereocenters. The lowest BCUT2D eigenvalue weighted by atomic mass is 10.1. The Morgan fingerprint density at radius 2 is 2.00 bits per heavy atom. The largest absolute Gasteiger partial charge is 0.383 e. The lowest BCUT2D eigenvalue weighted by Gasteiger charge is -2.09. The Morgan fingerprint density at radius 3 is 2.71 bits per heavy atom. The summed E-state index contributed by atoms with van der Waals surface area (Å²) >= 11 is 3.48. The van der Waals surface area contributed by atoms with E-state index in [1.54, 1.807) is 7.11 Å². The van der Waals surface area contributed by atoms with E-state index >= 15 is 0 Å². The highest BCUT2D eigenvalue weighted by molar-refractivity contribution is 9.10. The number of rotatable bonds is 6. The van der Waals surface area contributed by atoms with Crippen LogP contribution in [0, 0.1) is 13.8 Å². The van der Waals surface area contributed by atoms with Crippen molar-refractivity contribution in [1.29, 1.82) is 0 Å². The predicted octanol–water partition coefficient (Wildman–Crippen LogP) is 3.26. The maximum atomic E-state index is 5.02. The van der Waals surface area contributed by atoms with Gasteiger partial charge < -0.3 is 10.1 Å². The zero-order chi connectivity index (χ0) is 15.2. The second kappa shape index (κ2) is 7.64. The first-order chi connectivity index (χ1) is 10.1. The minimum absolute atomic E-state index is 0.697. The molecule has 1 aromatic heterocycles. The van der Waals surface area contributed by atoms with E-state index in [0.29, 0.717) is 6.61 Å². The molecule has 0 aliphatic heterocycles. The summed E-state index contributed by atoms with van der Waals surface area (Å²) in [7, 11) is 1.70. The van der Waals surface area contributed by atoms with Crippen LogP contribution in [0.5, 0.6) is 0 Å². The molecular formula is C16H20BrN3O. The highest BCUT2D eigenvalue weighted by atomic mass is 79.9. The molecule has 0 radical (unpaired) electrons. The lowest BCUT2D eigenvalue weighted by Crippen LogP contribution is -2.19. The van der Waals surface area contributed by atoms with Crippen LogP contribution in [0.2, 0.25) is 0 Å². The third-order valence-electron chi connectivity index (χ3n) is 3.13. The summed E-state index contributed by atoms with van der Waals surface area (Å²) in [6, 6.07) is 8.16. The van der Waals surface area contributed by atoms with Crippen LogP contribution in [0.3, 0.4) is 0 Å². The smallest absolute Gasteiger partial charge is 0.159 e. The van der Waals surface area contributed by atoms with E-state index in [2.05, 4.69) is 50.3 Å². The molecule has 1 heterocycles. The van der Waals surface area contributed by atoms with E-state index in [9.17, 15) is 0 Å². The maximum absolute atomic E-state index is 5.02. The fourth-order valence-electron chi connectivity index (χ4n) is 2.11. The summed E-state index contributed by atoms with van der Waals surface area (Å²) in [6.45, 7) is 6.30. The zero-order valence-corrected chi connectivity index (χ0v) is 14.2. The van der Waals surface area contributed by atoms with Crippen LogP contribution >= 0.6 is 15.9 Å². The Hall–Kier alpha value is -1.30. The number of aryl methyl sites for hydroxylation is 2. The van der Waals surface area contributed by atoms with Crippen molar-refractivity contribution in [2.75, 3.05) is 20.3 Å². The molecule has 1 aromatic carbocycles. The van der Waals surface area contributed by atoms with Gasteiger partial charge in [0.2, 0.25) is 0 Å². The van der Waals surface area contributed by atoms with Crippen molar-refractivity contribution in [2.45, 2.75) is 20.4 Å². The molecule has 112 valence electrons. The number of halogens is 1. The molecule has 1 N–H and O–H groups in total. The second-order valence-electron chi connectivity index (χ2n) is 4.95. The number of nitrogens with zero attached hydrogens (tertiary/aromatic N) is 2. The zero-order valence-electron chi connectivity index (χ0n) is 12.6. The van der Waals surface area contributed by atoms with Crippen molar-refractivity contribution >= 4 is 15.9 Å². The number of hydrogen-bond donors (Lipinski definition) is 1. The van der Waals surface area contributed by atoms with E-state index in [4.69, 9.17) is 4.74 Å². The molecule has 4 nitrogen and oxygen atoms in total. The number of hydrogen-bond acceptors (Lipinski definition) is 4. The molecule has 0 saturated carbocycles. The summed E-state index contributed by atoms with van der Waals surface area (Å²) in [6.07, 6.45) is 0. The normalized spacial score (nSPS) is 10.9. The number of aromatic nitrogens is 2. The molecule has 2 aromatic rings. The van der Waals surface area contributed by atoms with Crippen molar-refractivity contribution in [3.8, 4) is 11.4 Å². The van der Waals surface area contributed by atoms with Gasteiger partial charge in [-0.15, -0.1) is 0 Å². The highest BCUT2D eigenvalue weighted by Crippen LogP contribution is 2.23. The van der Waals surface area contributed by atoms with Crippen LogP contribution in [-0.2, 0) is 11.3 Å². The molecular weight excluding hydrogens is 330 g/mol. The standard InChI is InChI=1S/C16H20BrN3O/c1-11-8-13(17)4-5-15(11)16-19-12(2)9-14(20-16)10-18-6-7-21-3/h4-5,8-9,18H,6-7,10H2,1-3H3. The van der Waals surface area contributed by atoms with E-state index in [1.807, 2.05) is 19.1 Å². The Morgan fingerprint density at radius 1 is 1.19 bits per heavy atom. The van der Waals surface area contributed by atoms with Gasteiger partial charge in [-0.25, -0.2) is 9.97 Å². The van der Waals surface area contributed by atoms with Crippen LogP contribution in [0.1, 0.15) is 17.0 Å². The number of nitrogens with one attached hydrogen (secondary N) is 1. The first-order valence-electron chi connectivity index (χ1n) is 6.91. The molecule has 0 unspecified atom stereocenters. The summed E-state index contributed by atoms with van der Waals surface area (Å²) in [5.74, 6) is 0.781. The molecule has 0 bridgehead atoms. The highest BCUT2D eigenvalue weighted by Gasteiger charge is 2.08. The monoisotopic (exact) mass is 349 g/mol. The first-order valence-corrected chi connectivity index (χ1v) is 7.70. The summed E-state index contributed by atoms with van der Waals surface area (Å²) < 4.78 is 6.09. The molecule has 0 aliphatic carbocycles. The third-order valence-corrected chi connectivity index (χ3v) is 3.62. The van der Waals surface area contributed by atoms with E-state index in [-0.39, 0.29) is 0 Å². The van der Waals surface area contributed by atoms with Crippen molar-refractivity contribution < 1.29 is 4.74 Å². The van der Waals surface area contributed by atoms with Gasteiger partial charge in [-0.3, -0.25) is 0 Å². The molecule has 0 saturated heterocycles. The topological polar surface area (TPSA) is 47.0 Å².